The highest BCUT2D eigenvalue weighted by atomic mass is 32.2. The SMILES string of the molecule is Cn1c(CCC(=O)N2CCC(C3OCCO3)CC2)nc2cc(S(=O)(=O)N3CCOCC3)ccc21. The van der Waals surface area contributed by atoms with Crippen molar-refractivity contribution in [3.63, 3.8) is 0 Å². The lowest BCUT2D eigenvalue weighted by Crippen LogP contribution is -2.41. The molecule has 0 bridgehead atoms. The number of aromatic nitrogens is 2. The molecule has 4 heterocycles. The number of nitrogens with zero attached hydrogens (tertiary/aromatic N) is 4. The van der Waals surface area contributed by atoms with Crippen LogP contribution in [0.4, 0.5) is 0 Å². The Kier molecular flexibility index (Phi) is 6.90. The smallest absolute Gasteiger partial charge is 0.243 e. The maximum Gasteiger partial charge on any atom is 0.243 e. The second-order valence-corrected chi connectivity index (χ2v) is 11.0. The number of likely N-dealkylation sites (tertiary alicyclic amines) is 1. The highest BCUT2D eigenvalue weighted by molar-refractivity contribution is 7.89. The molecule has 186 valence electrons. The lowest BCUT2D eigenvalue weighted by molar-refractivity contribution is -0.136. The highest BCUT2D eigenvalue weighted by Gasteiger charge is 2.32. The number of imidazole rings is 1. The maximum atomic E-state index is 13.0. The molecule has 0 radical (unpaired) electrons. The van der Waals surface area contributed by atoms with Crippen molar-refractivity contribution in [2.45, 2.75) is 36.9 Å². The van der Waals surface area contributed by atoms with Crippen molar-refractivity contribution in [1.29, 1.82) is 0 Å². The van der Waals surface area contributed by atoms with E-state index in [-0.39, 0.29) is 17.1 Å². The van der Waals surface area contributed by atoms with Gasteiger partial charge in [0.1, 0.15) is 5.82 Å². The molecule has 3 aliphatic rings. The number of sulfonamides is 1. The van der Waals surface area contributed by atoms with Crippen LogP contribution in [0.3, 0.4) is 0 Å². The van der Waals surface area contributed by atoms with Crippen molar-refractivity contribution in [3.8, 4) is 0 Å². The molecule has 0 saturated carbocycles. The van der Waals surface area contributed by atoms with Gasteiger partial charge in [-0.2, -0.15) is 4.31 Å². The van der Waals surface area contributed by atoms with Gasteiger partial charge >= 0.3 is 0 Å². The van der Waals surface area contributed by atoms with E-state index in [4.69, 9.17) is 14.2 Å². The van der Waals surface area contributed by atoms with Gasteiger partial charge in [0.05, 0.1) is 42.4 Å². The Hall–Kier alpha value is -2.05. The van der Waals surface area contributed by atoms with Crippen molar-refractivity contribution in [1.82, 2.24) is 18.8 Å². The van der Waals surface area contributed by atoms with Gasteiger partial charge in [-0.1, -0.05) is 0 Å². The lowest BCUT2D eigenvalue weighted by Gasteiger charge is -2.33. The van der Waals surface area contributed by atoms with Crippen LogP contribution in [0.5, 0.6) is 0 Å². The van der Waals surface area contributed by atoms with Gasteiger partial charge < -0.3 is 23.7 Å². The first-order valence-electron chi connectivity index (χ1n) is 12.0. The summed E-state index contributed by atoms with van der Waals surface area (Å²) in [5.74, 6) is 1.25. The molecule has 5 rings (SSSR count). The van der Waals surface area contributed by atoms with Gasteiger partial charge in [0.15, 0.2) is 6.29 Å². The Labute approximate surface area is 199 Å². The van der Waals surface area contributed by atoms with Crippen LogP contribution in [0.15, 0.2) is 23.1 Å². The third-order valence-electron chi connectivity index (χ3n) is 7.04. The summed E-state index contributed by atoms with van der Waals surface area (Å²) in [5, 5.41) is 0. The molecular weight excluding hydrogens is 460 g/mol. The number of fused-ring (bicyclic) bond motifs is 1. The lowest BCUT2D eigenvalue weighted by atomic mass is 9.96. The van der Waals surface area contributed by atoms with Gasteiger partial charge in [0, 0.05) is 52.0 Å². The molecule has 10 nitrogen and oxygen atoms in total. The summed E-state index contributed by atoms with van der Waals surface area (Å²) in [6.45, 7) is 4.27. The number of rotatable bonds is 6. The number of hydrogen-bond donors (Lipinski definition) is 0. The summed E-state index contributed by atoms with van der Waals surface area (Å²) in [6.07, 6.45) is 2.54. The van der Waals surface area contributed by atoms with E-state index in [1.54, 1.807) is 18.2 Å². The Bertz CT molecular complexity index is 1130. The van der Waals surface area contributed by atoms with E-state index >= 15 is 0 Å². The molecule has 11 heteroatoms. The van der Waals surface area contributed by atoms with Gasteiger partial charge in [-0.25, -0.2) is 13.4 Å². The molecule has 34 heavy (non-hydrogen) atoms. The first-order valence-corrected chi connectivity index (χ1v) is 13.4. The predicted molar refractivity (Wildman–Crippen MR) is 124 cm³/mol. The average Bonchev–Trinajstić information content (AvgIpc) is 3.51. The fraction of sp³-hybridized carbons (Fsp3) is 0.652. The second-order valence-electron chi connectivity index (χ2n) is 9.08. The standard InChI is InChI=1S/C23H32N4O6S/c1-25-20-3-2-18(34(29,30)27-10-12-31-13-11-27)16-19(20)24-21(25)4-5-22(28)26-8-6-17(7-9-26)23-32-14-15-33-23/h2-3,16-17,23H,4-15H2,1H3. The number of aryl methyl sites for hydroxylation is 2. The minimum atomic E-state index is -3.58. The topological polar surface area (TPSA) is 103 Å². The van der Waals surface area contributed by atoms with Crippen molar-refractivity contribution >= 4 is 27.0 Å². The Balaban J connectivity index is 1.22. The van der Waals surface area contributed by atoms with Crippen LogP contribution in [-0.4, -0.2) is 92.0 Å². The van der Waals surface area contributed by atoms with Crippen LogP contribution in [0, 0.1) is 5.92 Å². The molecular formula is C23H32N4O6S. The maximum absolute atomic E-state index is 13.0. The number of piperidine rings is 1. The monoisotopic (exact) mass is 492 g/mol. The molecule has 3 fully saturated rings. The molecule has 3 aliphatic heterocycles. The van der Waals surface area contributed by atoms with Crippen LogP contribution in [0.2, 0.25) is 0 Å². The zero-order valence-corrected chi connectivity index (χ0v) is 20.3. The highest BCUT2D eigenvalue weighted by Crippen LogP contribution is 2.27. The molecule has 2 aromatic rings. The summed E-state index contributed by atoms with van der Waals surface area (Å²) in [4.78, 5) is 19.6. The van der Waals surface area contributed by atoms with E-state index in [1.165, 1.54) is 4.31 Å². The molecule has 0 aliphatic carbocycles. The third kappa shape index (κ3) is 4.72. The normalized spacial score (nSPS) is 21.5. The van der Waals surface area contributed by atoms with Crippen molar-refractivity contribution < 1.29 is 27.4 Å². The Morgan fingerprint density at radius 2 is 1.76 bits per heavy atom. The number of carbonyl (C=O) groups excluding carboxylic acids is 1. The van der Waals surface area contributed by atoms with Crippen LogP contribution in [-0.2, 0) is 42.5 Å². The molecule has 0 N–H and O–H groups in total. The fourth-order valence-electron chi connectivity index (χ4n) is 5.00. The Morgan fingerprint density at radius 1 is 1.06 bits per heavy atom. The molecule has 1 amide bonds. The zero-order chi connectivity index (χ0) is 23.7. The van der Waals surface area contributed by atoms with Gasteiger partial charge in [-0.15, -0.1) is 0 Å². The second kappa shape index (κ2) is 9.90. The number of benzene rings is 1. The summed E-state index contributed by atoms with van der Waals surface area (Å²) in [5.41, 5.74) is 1.47. The molecule has 1 aromatic carbocycles. The van der Waals surface area contributed by atoms with Crippen LogP contribution < -0.4 is 0 Å². The van der Waals surface area contributed by atoms with E-state index in [2.05, 4.69) is 4.98 Å². The van der Waals surface area contributed by atoms with Crippen molar-refractivity contribution in [2.24, 2.45) is 13.0 Å². The predicted octanol–water partition coefficient (Wildman–Crippen LogP) is 1.14. The molecule has 0 spiro atoms. The summed E-state index contributed by atoms with van der Waals surface area (Å²) in [7, 11) is -1.68. The first kappa shape index (κ1) is 23.7. The van der Waals surface area contributed by atoms with E-state index < -0.39 is 10.0 Å². The summed E-state index contributed by atoms with van der Waals surface area (Å²) >= 11 is 0. The first-order chi connectivity index (χ1) is 16.4. The van der Waals surface area contributed by atoms with Crippen LogP contribution in [0.25, 0.3) is 11.0 Å². The quantitative estimate of drug-likeness (QED) is 0.596. The number of amides is 1. The number of hydrogen-bond acceptors (Lipinski definition) is 7. The van der Waals surface area contributed by atoms with Crippen LogP contribution >= 0.6 is 0 Å². The molecule has 0 unspecified atom stereocenters. The van der Waals surface area contributed by atoms with Gasteiger partial charge in [0.25, 0.3) is 0 Å². The fourth-order valence-corrected chi connectivity index (χ4v) is 6.42. The third-order valence-corrected chi connectivity index (χ3v) is 8.93. The van der Waals surface area contributed by atoms with E-state index in [0.29, 0.717) is 63.8 Å². The summed E-state index contributed by atoms with van der Waals surface area (Å²) in [6, 6.07) is 5.05. The van der Waals surface area contributed by atoms with E-state index in [9.17, 15) is 13.2 Å². The number of morpholine rings is 1. The van der Waals surface area contributed by atoms with E-state index in [1.807, 2.05) is 16.5 Å². The number of carbonyl (C=O) groups is 1. The minimum absolute atomic E-state index is 0.116. The zero-order valence-electron chi connectivity index (χ0n) is 19.5. The molecule has 3 saturated heterocycles. The van der Waals surface area contributed by atoms with Crippen molar-refractivity contribution in [2.75, 3.05) is 52.6 Å². The Morgan fingerprint density at radius 3 is 2.47 bits per heavy atom. The van der Waals surface area contributed by atoms with Crippen molar-refractivity contribution in [3.05, 3.63) is 24.0 Å². The number of ether oxygens (including phenoxy) is 3. The summed E-state index contributed by atoms with van der Waals surface area (Å²) < 4.78 is 45.9. The largest absolute Gasteiger partial charge is 0.379 e. The average molecular weight is 493 g/mol. The minimum Gasteiger partial charge on any atom is -0.379 e. The molecule has 1 aromatic heterocycles. The van der Waals surface area contributed by atoms with Gasteiger partial charge in [-0.3, -0.25) is 4.79 Å². The van der Waals surface area contributed by atoms with Gasteiger partial charge in [0.2, 0.25) is 15.9 Å². The van der Waals surface area contributed by atoms with Crippen LogP contribution in [0.1, 0.15) is 25.1 Å². The van der Waals surface area contributed by atoms with E-state index in [0.717, 1.165) is 37.3 Å². The van der Waals surface area contributed by atoms with Gasteiger partial charge in [-0.05, 0) is 31.0 Å². The molecule has 0 atom stereocenters.